The lowest BCUT2D eigenvalue weighted by molar-refractivity contribution is -0.131. The molecule has 2 nitrogen and oxygen atoms in total. The Bertz CT molecular complexity index is 179. The summed E-state index contributed by atoms with van der Waals surface area (Å²) >= 11 is 0. The van der Waals surface area contributed by atoms with Gasteiger partial charge in [-0.25, -0.2) is 0 Å². The van der Waals surface area contributed by atoms with Crippen LogP contribution in [0.3, 0.4) is 0 Å². The lowest BCUT2D eigenvalue weighted by Crippen LogP contribution is -2.41. The summed E-state index contributed by atoms with van der Waals surface area (Å²) in [6.45, 7) is 8.14. The van der Waals surface area contributed by atoms with E-state index in [0.29, 0.717) is 5.92 Å². The number of carbonyl (C=O) groups is 1. The quantitative estimate of drug-likeness (QED) is 0.643. The molecule has 0 aromatic carbocycles. The van der Waals surface area contributed by atoms with Crippen molar-refractivity contribution in [1.29, 1.82) is 0 Å². The summed E-state index contributed by atoms with van der Waals surface area (Å²) in [6, 6.07) is 0. The highest BCUT2D eigenvalue weighted by Gasteiger charge is 2.26. The molecule has 0 bridgehead atoms. The lowest BCUT2D eigenvalue weighted by atomic mass is 9.84. The Labute approximate surface area is 81.3 Å². The maximum Gasteiger partial charge on any atom is 0.219 e. The minimum Gasteiger partial charge on any atom is -0.343 e. The number of hydrogen-bond donors (Lipinski definition) is 0. The second-order valence-corrected chi connectivity index (χ2v) is 4.28. The molecule has 0 aromatic rings. The van der Waals surface area contributed by atoms with Gasteiger partial charge in [-0.1, -0.05) is 26.7 Å². The Kier molecular flexibility index (Phi) is 3.76. The summed E-state index contributed by atoms with van der Waals surface area (Å²) in [5, 5.41) is 0. The van der Waals surface area contributed by atoms with Crippen LogP contribution < -0.4 is 0 Å². The standard InChI is InChI=1S/C11H21NO/c1-4-5-11-6-7-12(10(3)13)8-9(11)2/h9,11H,4-8H2,1-3H3. The molecule has 0 spiro atoms. The van der Waals surface area contributed by atoms with E-state index in [1.807, 2.05) is 4.90 Å². The zero-order valence-corrected chi connectivity index (χ0v) is 9.05. The van der Waals surface area contributed by atoms with Gasteiger partial charge >= 0.3 is 0 Å². The van der Waals surface area contributed by atoms with E-state index < -0.39 is 0 Å². The van der Waals surface area contributed by atoms with Gasteiger partial charge in [-0.15, -0.1) is 0 Å². The molecule has 0 saturated carbocycles. The summed E-state index contributed by atoms with van der Waals surface area (Å²) < 4.78 is 0. The minimum atomic E-state index is 0.238. The average molecular weight is 183 g/mol. The molecule has 1 heterocycles. The predicted octanol–water partition coefficient (Wildman–Crippen LogP) is 2.29. The fourth-order valence-corrected chi connectivity index (χ4v) is 2.28. The van der Waals surface area contributed by atoms with Gasteiger partial charge in [0.25, 0.3) is 0 Å². The molecule has 13 heavy (non-hydrogen) atoms. The summed E-state index contributed by atoms with van der Waals surface area (Å²) in [6.07, 6.45) is 3.80. The van der Waals surface area contributed by atoms with Crippen molar-refractivity contribution in [3.8, 4) is 0 Å². The molecule has 0 aromatic heterocycles. The topological polar surface area (TPSA) is 20.3 Å². The lowest BCUT2D eigenvalue weighted by Gasteiger charge is -2.36. The van der Waals surface area contributed by atoms with Crippen molar-refractivity contribution >= 4 is 5.91 Å². The van der Waals surface area contributed by atoms with Crippen LogP contribution in [0.25, 0.3) is 0 Å². The first-order valence-electron chi connectivity index (χ1n) is 5.40. The molecular weight excluding hydrogens is 162 g/mol. The van der Waals surface area contributed by atoms with Crippen molar-refractivity contribution in [2.75, 3.05) is 13.1 Å². The maximum absolute atomic E-state index is 11.1. The van der Waals surface area contributed by atoms with E-state index in [2.05, 4.69) is 13.8 Å². The van der Waals surface area contributed by atoms with E-state index in [4.69, 9.17) is 0 Å². The van der Waals surface area contributed by atoms with Crippen molar-refractivity contribution in [3.63, 3.8) is 0 Å². The molecule has 1 saturated heterocycles. The largest absolute Gasteiger partial charge is 0.343 e. The molecule has 0 radical (unpaired) electrons. The fourth-order valence-electron chi connectivity index (χ4n) is 2.28. The third kappa shape index (κ3) is 2.71. The first-order valence-corrected chi connectivity index (χ1v) is 5.40. The van der Waals surface area contributed by atoms with E-state index in [1.54, 1.807) is 6.92 Å². The number of piperidine rings is 1. The third-order valence-electron chi connectivity index (χ3n) is 3.19. The van der Waals surface area contributed by atoms with Crippen molar-refractivity contribution in [2.45, 2.75) is 40.0 Å². The molecule has 2 heteroatoms. The molecule has 1 amide bonds. The number of likely N-dealkylation sites (tertiary alicyclic amines) is 1. The van der Waals surface area contributed by atoms with Crippen LogP contribution in [0.2, 0.25) is 0 Å². The molecule has 0 N–H and O–H groups in total. The van der Waals surface area contributed by atoms with E-state index in [-0.39, 0.29) is 5.91 Å². The molecular formula is C11H21NO. The Morgan fingerprint density at radius 1 is 1.54 bits per heavy atom. The Morgan fingerprint density at radius 2 is 2.23 bits per heavy atom. The van der Waals surface area contributed by atoms with Gasteiger partial charge in [0.1, 0.15) is 0 Å². The van der Waals surface area contributed by atoms with Crippen LogP contribution in [0, 0.1) is 11.8 Å². The molecule has 0 aliphatic carbocycles. The van der Waals surface area contributed by atoms with Crippen LogP contribution in [-0.2, 0) is 4.79 Å². The van der Waals surface area contributed by atoms with Crippen molar-refractivity contribution < 1.29 is 4.79 Å². The molecule has 1 fully saturated rings. The monoisotopic (exact) mass is 183 g/mol. The van der Waals surface area contributed by atoms with Gasteiger partial charge in [-0.05, 0) is 18.3 Å². The molecule has 1 aliphatic rings. The van der Waals surface area contributed by atoms with E-state index in [0.717, 1.165) is 19.0 Å². The van der Waals surface area contributed by atoms with Gasteiger partial charge in [-0.3, -0.25) is 4.79 Å². The smallest absolute Gasteiger partial charge is 0.219 e. The van der Waals surface area contributed by atoms with E-state index in [9.17, 15) is 4.79 Å². The predicted molar refractivity (Wildman–Crippen MR) is 54.4 cm³/mol. The van der Waals surface area contributed by atoms with Gasteiger partial charge in [0.15, 0.2) is 0 Å². The molecule has 1 rings (SSSR count). The normalized spacial score (nSPS) is 29.0. The first kappa shape index (κ1) is 10.6. The van der Waals surface area contributed by atoms with Gasteiger partial charge in [0, 0.05) is 20.0 Å². The molecule has 1 aliphatic heterocycles. The Balaban J connectivity index is 2.41. The Morgan fingerprint density at radius 3 is 2.69 bits per heavy atom. The molecule has 2 unspecified atom stereocenters. The summed E-state index contributed by atoms with van der Waals surface area (Å²) in [7, 11) is 0. The van der Waals surface area contributed by atoms with E-state index in [1.165, 1.54) is 19.3 Å². The number of amides is 1. The van der Waals surface area contributed by atoms with Crippen LogP contribution in [-0.4, -0.2) is 23.9 Å². The number of hydrogen-bond acceptors (Lipinski definition) is 1. The highest BCUT2D eigenvalue weighted by Crippen LogP contribution is 2.26. The highest BCUT2D eigenvalue weighted by molar-refractivity contribution is 5.73. The maximum atomic E-state index is 11.1. The average Bonchev–Trinajstić information content (AvgIpc) is 2.08. The van der Waals surface area contributed by atoms with Gasteiger partial charge < -0.3 is 4.90 Å². The van der Waals surface area contributed by atoms with E-state index >= 15 is 0 Å². The Hall–Kier alpha value is -0.530. The SMILES string of the molecule is CCCC1CCN(C(C)=O)CC1C. The number of rotatable bonds is 2. The zero-order valence-electron chi connectivity index (χ0n) is 9.05. The molecule has 2 atom stereocenters. The highest BCUT2D eigenvalue weighted by atomic mass is 16.2. The summed E-state index contributed by atoms with van der Waals surface area (Å²) in [5.41, 5.74) is 0. The number of nitrogens with zero attached hydrogens (tertiary/aromatic N) is 1. The third-order valence-corrected chi connectivity index (χ3v) is 3.19. The first-order chi connectivity index (χ1) is 6.15. The van der Waals surface area contributed by atoms with Crippen LogP contribution >= 0.6 is 0 Å². The van der Waals surface area contributed by atoms with Crippen LogP contribution in [0.15, 0.2) is 0 Å². The zero-order chi connectivity index (χ0) is 9.84. The summed E-state index contributed by atoms with van der Waals surface area (Å²) in [4.78, 5) is 13.1. The number of carbonyl (C=O) groups excluding carboxylic acids is 1. The van der Waals surface area contributed by atoms with Crippen LogP contribution in [0.1, 0.15) is 40.0 Å². The van der Waals surface area contributed by atoms with Gasteiger partial charge in [0.2, 0.25) is 5.91 Å². The van der Waals surface area contributed by atoms with Crippen molar-refractivity contribution in [2.24, 2.45) is 11.8 Å². The van der Waals surface area contributed by atoms with Crippen LogP contribution in [0.5, 0.6) is 0 Å². The minimum absolute atomic E-state index is 0.238. The van der Waals surface area contributed by atoms with Gasteiger partial charge in [0.05, 0.1) is 0 Å². The van der Waals surface area contributed by atoms with Crippen LogP contribution in [0.4, 0.5) is 0 Å². The molecule has 76 valence electrons. The fraction of sp³-hybridized carbons (Fsp3) is 0.909. The summed E-state index contributed by atoms with van der Waals surface area (Å²) in [5.74, 6) is 1.78. The van der Waals surface area contributed by atoms with Gasteiger partial charge in [-0.2, -0.15) is 0 Å². The second-order valence-electron chi connectivity index (χ2n) is 4.28. The van der Waals surface area contributed by atoms with Crippen molar-refractivity contribution in [1.82, 2.24) is 4.90 Å². The second kappa shape index (κ2) is 4.64. The van der Waals surface area contributed by atoms with Crippen molar-refractivity contribution in [3.05, 3.63) is 0 Å².